The van der Waals surface area contributed by atoms with Crippen LogP contribution in [-0.2, 0) is 6.42 Å². The van der Waals surface area contributed by atoms with E-state index in [-0.39, 0.29) is 0 Å². The van der Waals surface area contributed by atoms with Crippen LogP contribution in [0.4, 0.5) is 0 Å². The van der Waals surface area contributed by atoms with E-state index < -0.39 is 0 Å². The summed E-state index contributed by atoms with van der Waals surface area (Å²) in [5, 5.41) is 0. The first-order chi connectivity index (χ1) is 9.90. The second-order valence-corrected chi connectivity index (χ2v) is 5.63. The van der Waals surface area contributed by atoms with Gasteiger partial charge in [-0.1, -0.05) is 30.3 Å². The number of hydrogen-bond acceptors (Lipinski definition) is 2. The van der Waals surface area contributed by atoms with Crippen LogP contribution in [-0.4, -0.2) is 13.2 Å². The van der Waals surface area contributed by atoms with E-state index in [1.54, 1.807) is 0 Å². The van der Waals surface area contributed by atoms with Gasteiger partial charge in [-0.2, -0.15) is 0 Å². The summed E-state index contributed by atoms with van der Waals surface area (Å²) >= 11 is 0. The lowest BCUT2D eigenvalue weighted by atomic mass is 9.97. The van der Waals surface area contributed by atoms with Crippen LogP contribution in [0, 0.1) is 0 Å². The van der Waals surface area contributed by atoms with Crippen LogP contribution in [0.2, 0.25) is 0 Å². The molecule has 0 spiro atoms. The molecule has 1 saturated carbocycles. The summed E-state index contributed by atoms with van der Waals surface area (Å²) in [6.07, 6.45) is 3.67. The first-order valence-electron chi connectivity index (χ1n) is 7.36. The highest BCUT2D eigenvalue weighted by Crippen LogP contribution is 2.42. The Morgan fingerprint density at radius 1 is 0.900 bits per heavy atom. The van der Waals surface area contributed by atoms with E-state index in [1.165, 1.54) is 29.5 Å². The maximum Gasteiger partial charge on any atom is 0.161 e. The zero-order valence-corrected chi connectivity index (χ0v) is 11.5. The van der Waals surface area contributed by atoms with Crippen LogP contribution in [0.25, 0.3) is 0 Å². The van der Waals surface area contributed by atoms with E-state index in [1.807, 2.05) is 6.07 Å². The van der Waals surface area contributed by atoms with Crippen molar-refractivity contribution >= 4 is 0 Å². The highest BCUT2D eigenvalue weighted by atomic mass is 16.6. The number of rotatable bonds is 3. The largest absolute Gasteiger partial charge is 0.486 e. The molecule has 1 aliphatic carbocycles. The van der Waals surface area contributed by atoms with Crippen LogP contribution in [0.15, 0.2) is 42.5 Å². The van der Waals surface area contributed by atoms with Crippen LogP contribution < -0.4 is 9.47 Å². The molecule has 2 nitrogen and oxygen atoms in total. The Bertz CT molecular complexity index is 629. The van der Waals surface area contributed by atoms with Gasteiger partial charge in [-0.15, -0.1) is 0 Å². The summed E-state index contributed by atoms with van der Waals surface area (Å²) < 4.78 is 11.2. The average molecular weight is 266 g/mol. The third-order valence-electron chi connectivity index (χ3n) is 4.07. The molecule has 0 unspecified atom stereocenters. The summed E-state index contributed by atoms with van der Waals surface area (Å²) in [7, 11) is 0. The van der Waals surface area contributed by atoms with E-state index in [0.29, 0.717) is 13.2 Å². The number of benzene rings is 2. The third kappa shape index (κ3) is 2.26. The lowest BCUT2D eigenvalue weighted by Gasteiger charge is -2.19. The minimum absolute atomic E-state index is 0.648. The second kappa shape index (κ2) is 4.86. The molecule has 1 fully saturated rings. The van der Waals surface area contributed by atoms with Crippen molar-refractivity contribution in [3.63, 3.8) is 0 Å². The van der Waals surface area contributed by atoms with Gasteiger partial charge in [0.15, 0.2) is 11.5 Å². The van der Waals surface area contributed by atoms with Gasteiger partial charge in [0, 0.05) is 0 Å². The smallest absolute Gasteiger partial charge is 0.161 e. The van der Waals surface area contributed by atoms with E-state index in [9.17, 15) is 0 Å². The topological polar surface area (TPSA) is 18.5 Å². The summed E-state index contributed by atoms with van der Waals surface area (Å²) in [6, 6.07) is 15.1. The summed E-state index contributed by atoms with van der Waals surface area (Å²) in [6.45, 7) is 1.30. The number of hydrogen-bond donors (Lipinski definition) is 0. The van der Waals surface area contributed by atoms with E-state index in [0.717, 1.165) is 23.8 Å². The van der Waals surface area contributed by atoms with Crippen molar-refractivity contribution in [2.45, 2.75) is 25.2 Å². The normalized spacial score (nSPS) is 17.0. The molecule has 2 aromatic carbocycles. The van der Waals surface area contributed by atoms with Crippen molar-refractivity contribution in [3.8, 4) is 11.5 Å². The predicted molar refractivity (Wildman–Crippen MR) is 78.7 cm³/mol. The highest BCUT2D eigenvalue weighted by molar-refractivity contribution is 5.46. The van der Waals surface area contributed by atoms with Crippen LogP contribution in [0.1, 0.15) is 35.4 Å². The van der Waals surface area contributed by atoms with Gasteiger partial charge in [0.1, 0.15) is 13.2 Å². The first kappa shape index (κ1) is 11.8. The standard InChI is InChI=1S/C18H18O2/c1-2-4-16(14-6-7-14)15(3-1)11-13-5-8-17-18(12-13)20-10-9-19-17/h1-5,8,12,14H,6-7,9-11H2. The van der Waals surface area contributed by atoms with Gasteiger partial charge in [-0.25, -0.2) is 0 Å². The molecule has 0 radical (unpaired) electrons. The van der Waals surface area contributed by atoms with Gasteiger partial charge in [0.25, 0.3) is 0 Å². The molecule has 0 N–H and O–H groups in total. The maximum absolute atomic E-state index is 5.67. The first-order valence-corrected chi connectivity index (χ1v) is 7.36. The minimum atomic E-state index is 0.648. The molecule has 4 rings (SSSR count). The van der Waals surface area contributed by atoms with Crippen LogP contribution in [0.3, 0.4) is 0 Å². The molecule has 1 heterocycles. The lowest BCUT2D eigenvalue weighted by Crippen LogP contribution is -2.15. The van der Waals surface area contributed by atoms with Crippen molar-refractivity contribution in [2.24, 2.45) is 0 Å². The number of fused-ring (bicyclic) bond motifs is 1. The van der Waals surface area contributed by atoms with Gasteiger partial charge in [-0.05, 0) is 54.0 Å². The summed E-state index contributed by atoms with van der Waals surface area (Å²) in [4.78, 5) is 0. The fourth-order valence-electron chi connectivity index (χ4n) is 2.91. The summed E-state index contributed by atoms with van der Waals surface area (Å²) in [5.74, 6) is 2.55. The minimum Gasteiger partial charge on any atom is -0.486 e. The molecule has 0 aromatic heterocycles. The molecule has 2 aromatic rings. The fraction of sp³-hybridized carbons (Fsp3) is 0.333. The number of ether oxygens (including phenoxy) is 2. The Balaban J connectivity index is 1.62. The van der Waals surface area contributed by atoms with Crippen molar-refractivity contribution in [1.82, 2.24) is 0 Å². The van der Waals surface area contributed by atoms with Crippen LogP contribution in [0.5, 0.6) is 11.5 Å². The Morgan fingerprint density at radius 3 is 2.55 bits per heavy atom. The zero-order valence-electron chi connectivity index (χ0n) is 11.5. The third-order valence-corrected chi connectivity index (χ3v) is 4.07. The molecule has 2 heteroatoms. The molecular weight excluding hydrogens is 248 g/mol. The van der Waals surface area contributed by atoms with Crippen molar-refractivity contribution < 1.29 is 9.47 Å². The highest BCUT2D eigenvalue weighted by Gasteiger charge is 2.25. The van der Waals surface area contributed by atoms with Crippen molar-refractivity contribution in [3.05, 3.63) is 59.2 Å². The summed E-state index contributed by atoms with van der Waals surface area (Å²) in [5.41, 5.74) is 4.27. The van der Waals surface area contributed by atoms with Gasteiger partial charge < -0.3 is 9.47 Å². The molecule has 0 atom stereocenters. The molecule has 2 aliphatic rings. The molecule has 0 saturated heterocycles. The maximum atomic E-state index is 5.67. The Kier molecular flexibility index (Phi) is 2.87. The van der Waals surface area contributed by atoms with Crippen molar-refractivity contribution in [1.29, 1.82) is 0 Å². The zero-order chi connectivity index (χ0) is 13.4. The molecule has 20 heavy (non-hydrogen) atoms. The average Bonchev–Trinajstić information content (AvgIpc) is 3.32. The van der Waals surface area contributed by atoms with Gasteiger partial charge in [-0.3, -0.25) is 0 Å². The Morgan fingerprint density at radius 2 is 1.70 bits per heavy atom. The van der Waals surface area contributed by atoms with Gasteiger partial charge >= 0.3 is 0 Å². The lowest BCUT2D eigenvalue weighted by molar-refractivity contribution is 0.171. The van der Waals surface area contributed by atoms with Crippen molar-refractivity contribution in [2.75, 3.05) is 13.2 Å². The monoisotopic (exact) mass is 266 g/mol. The molecule has 1 aliphatic heterocycles. The second-order valence-electron chi connectivity index (χ2n) is 5.63. The molecule has 0 bridgehead atoms. The van der Waals surface area contributed by atoms with Gasteiger partial charge in [0.05, 0.1) is 0 Å². The molecule has 0 amide bonds. The fourth-order valence-corrected chi connectivity index (χ4v) is 2.91. The Hall–Kier alpha value is -1.96. The quantitative estimate of drug-likeness (QED) is 0.838. The van der Waals surface area contributed by atoms with Crippen LogP contribution >= 0.6 is 0 Å². The van der Waals surface area contributed by atoms with E-state index in [2.05, 4.69) is 36.4 Å². The SMILES string of the molecule is c1ccc(C2CC2)c(Cc2ccc3c(c2)OCCO3)c1. The molecule has 102 valence electrons. The van der Waals surface area contributed by atoms with Gasteiger partial charge in [0.2, 0.25) is 0 Å². The molecular formula is C18H18O2. The predicted octanol–water partition coefficient (Wildman–Crippen LogP) is 3.93. The van der Waals surface area contributed by atoms with E-state index >= 15 is 0 Å². The Labute approximate surface area is 119 Å². The van der Waals surface area contributed by atoms with E-state index in [4.69, 9.17) is 9.47 Å².